The van der Waals surface area contributed by atoms with E-state index in [9.17, 15) is 4.79 Å². The second-order valence-electron chi connectivity index (χ2n) is 3.49. The predicted octanol–water partition coefficient (Wildman–Crippen LogP) is 3.41. The van der Waals surface area contributed by atoms with Crippen LogP contribution < -0.4 is 4.74 Å². The van der Waals surface area contributed by atoms with E-state index in [0.717, 1.165) is 16.2 Å². The molecule has 0 amide bonds. The van der Waals surface area contributed by atoms with E-state index in [1.165, 1.54) is 16.7 Å². The Hall–Kier alpha value is -1.67. The zero-order valence-corrected chi connectivity index (χ0v) is 8.75. The SMILES string of the molecule is O=c1sccc2cc3ccccc3cc12. The van der Waals surface area contributed by atoms with E-state index in [4.69, 9.17) is 0 Å². The third-order valence-corrected chi connectivity index (χ3v) is 3.27. The lowest BCUT2D eigenvalue weighted by Crippen LogP contribution is -1.93. The molecule has 2 aromatic carbocycles. The number of benzene rings is 2. The highest BCUT2D eigenvalue weighted by Gasteiger charge is 2.00. The van der Waals surface area contributed by atoms with Gasteiger partial charge < -0.3 is 0 Å². The minimum Gasteiger partial charge on any atom is -0.277 e. The topological polar surface area (TPSA) is 17.1 Å². The number of hydrogen-bond acceptors (Lipinski definition) is 2. The molecule has 0 saturated heterocycles. The Morgan fingerprint density at radius 2 is 1.60 bits per heavy atom. The van der Waals surface area contributed by atoms with Crippen LogP contribution in [-0.4, -0.2) is 0 Å². The summed E-state index contributed by atoms with van der Waals surface area (Å²) >= 11 is 1.25. The summed E-state index contributed by atoms with van der Waals surface area (Å²) in [5.41, 5.74) is 0. The van der Waals surface area contributed by atoms with Crippen LogP contribution >= 0.6 is 11.3 Å². The van der Waals surface area contributed by atoms with Crippen molar-refractivity contribution in [3.8, 4) is 0 Å². The first kappa shape index (κ1) is 8.62. The van der Waals surface area contributed by atoms with Crippen LogP contribution in [0.25, 0.3) is 21.5 Å². The summed E-state index contributed by atoms with van der Waals surface area (Å²) < 4.78 is 0.137. The number of rotatable bonds is 0. The third kappa shape index (κ3) is 1.34. The fourth-order valence-electron chi connectivity index (χ4n) is 1.81. The van der Waals surface area contributed by atoms with Gasteiger partial charge in [-0.3, -0.25) is 4.79 Å². The van der Waals surface area contributed by atoms with Crippen LogP contribution in [0.1, 0.15) is 0 Å². The van der Waals surface area contributed by atoms with Gasteiger partial charge in [0, 0.05) is 5.39 Å². The maximum absolute atomic E-state index is 11.6. The first-order chi connectivity index (χ1) is 7.34. The number of fused-ring (bicyclic) bond motifs is 2. The zero-order valence-electron chi connectivity index (χ0n) is 7.94. The lowest BCUT2D eigenvalue weighted by Gasteiger charge is -1.99. The molecule has 0 saturated carbocycles. The van der Waals surface area contributed by atoms with Crippen molar-refractivity contribution in [3.05, 3.63) is 57.4 Å². The molecule has 0 spiro atoms. The molecule has 0 fully saturated rings. The fourth-order valence-corrected chi connectivity index (χ4v) is 2.45. The first-order valence-corrected chi connectivity index (χ1v) is 5.63. The summed E-state index contributed by atoms with van der Waals surface area (Å²) in [4.78, 5) is 11.6. The highest BCUT2D eigenvalue weighted by atomic mass is 32.1. The molecule has 0 bridgehead atoms. The summed E-state index contributed by atoms with van der Waals surface area (Å²) in [6.45, 7) is 0. The van der Waals surface area contributed by atoms with Gasteiger partial charge in [0.15, 0.2) is 0 Å². The maximum Gasteiger partial charge on any atom is 0.240 e. The normalized spacial score (nSPS) is 10.9. The Morgan fingerprint density at radius 3 is 2.40 bits per heavy atom. The first-order valence-electron chi connectivity index (χ1n) is 4.75. The minimum absolute atomic E-state index is 0.137. The Bertz CT molecular complexity index is 697. The van der Waals surface area contributed by atoms with Crippen molar-refractivity contribution in [1.29, 1.82) is 0 Å². The van der Waals surface area contributed by atoms with Crippen molar-refractivity contribution in [2.75, 3.05) is 0 Å². The van der Waals surface area contributed by atoms with Crippen LogP contribution in [0, 0.1) is 0 Å². The van der Waals surface area contributed by atoms with Gasteiger partial charge in [-0.2, -0.15) is 0 Å². The maximum atomic E-state index is 11.6. The van der Waals surface area contributed by atoms with Gasteiger partial charge in [0.2, 0.25) is 4.74 Å². The molecule has 15 heavy (non-hydrogen) atoms. The molecule has 72 valence electrons. The van der Waals surface area contributed by atoms with E-state index in [1.807, 2.05) is 35.7 Å². The molecule has 0 atom stereocenters. The monoisotopic (exact) mass is 212 g/mol. The smallest absolute Gasteiger partial charge is 0.240 e. The minimum atomic E-state index is 0.137. The second kappa shape index (κ2) is 3.17. The molecule has 3 aromatic rings. The average Bonchev–Trinajstić information content (AvgIpc) is 2.27. The van der Waals surface area contributed by atoms with Gasteiger partial charge in [0.05, 0.1) is 0 Å². The molecule has 2 heteroatoms. The molecule has 0 aliphatic carbocycles. The number of hydrogen-bond donors (Lipinski definition) is 0. The van der Waals surface area contributed by atoms with Gasteiger partial charge in [-0.15, -0.1) is 11.3 Å². The van der Waals surface area contributed by atoms with Crippen LogP contribution in [0.5, 0.6) is 0 Å². The zero-order chi connectivity index (χ0) is 10.3. The molecule has 0 N–H and O–H groups in total. The van der Waals surface area contributed by atoms with Crippen LogP contribution in [-0.2, 0) is 0 Å². The van der Waals surface area contributed by atoms with E-state index < -0.39 is 0 Å². The predicted molar refractivity (Wildman–Crippen MR) is 65.6 cm³/mol. The van der Waals surface area contributed by atoms with Crippen molar-refractivity contribution >= 4 is 32.9 Å². The van der Waals surface area contributed by atoms with Gasteiger partial charge in [-0.05, 0) is 39.7 Å². The Balaban J connectivity index is 2.59. The van der Waals surface area contributed by atoms with Gasteiger partial charge in [-0.25, -0.2) is 0 Å². The van der Waals surface area contributed by atoms with Crippen LogP contribution in [0.3, 0.4) is 0 Å². The average molecular weight is 212 g/mol. The van der Waals surface area contributed by atoms with Gasteiger partial charge in [0.1, 0.15) is 0 Å². The summed E-state index contributed by atoms with van der Waals surface area (Å²) in [5.74, 6) is 0. The van der Waals surface area contributed by atoms with E-state index in [1.54, 1.807) is 0 Å². The molecule has 3 rings (SSSR count). The van der Waals surface area contributed by atoms with Crippen LogP contribution in [0.2, 0.25) is 0 Å². The van der Waals surface area contributed by atoms with Gasteiger partial charge in [0.25, 0.3) is 0 Å². The molecular weight excluding hydrogens is 204 g/mol. The largest absolute Gasteiger partial charge is 0.277 e. The molecule has 1 nitrogen and oxygen atoms in total. The van der Waals surface area contributed by atoms with Crippen molar-refractivity contribution in [3.63, 3.8) is 0 Å². The third-order valence-electron chi connectivity index (χ3n) is 2.56. The van der Waals surface area contributed by atoms with Crippen LogP contribution in [0.15, 0.2) is 52.6 Å². The molecule has 0 aliphatic rings. The van der Waals surface area contributed by atoms with Gasteiger partial charge >= 0.3 is 0 Å². The summed E-state index contributed by atoms with van der Waals surface area (Å²) in [5, 5.41) is 6.00. The Morgan fingerprint density at radius 1 is 0.867 bits per heavy atom. The summed E-state index contributed by atoms with van der Waals surface area (Å²) in [6, 6.07) is 14.1. The molecule has 0 radical (unpaired) electrons. The highest BCUT2D eigenvalue weighted by Crippen LogP contribution is 2.20. The van der Waals surface area contributed by atoms with Crippen molar-refractivity contribution in [1.82, 2.24) is 0 Å². The van der Waals surface area contributed by atoms with Gasteiger partial charge in [-0.1, -0.05) is 24.3 Å². The fraction of sp³-hybridized carbons (Fsp3) is 0. The van der Waals surface area contributed by atoms with E-state index in [2.05, 4.69) is 12.1 Å². The lowest BCUT2D eigenvalue weighted by molar-refractivity contribution is 1.79. The highest BCUT2D eigenvalue weighted by molar-refractivity contribution is 7.07. The quantitative estimate of drug-likeness (QED) is 0.522. The van der Waals surface area contributed by atoms with Crippen LogP contribution in [0.4, 0.5) is 0 Å². The van der Waals surface area contributed by atoms with Crippen molar-refractivity contribution < 1.29 is 0 Å². The summed E-state index contributed by atoms with van der Waals surface area (Å²) in [6.07, 6.45) is 0. The molecular formula is C13H8OS. The van der Waals surface area contributed by atoms with Crippen molar-refractivity contribution in [2.24, 2.45) is 0 Å². The van der Waals surface area contributed by atoms with E-state index in [-0.39, 0.29) is 4.74 Å². The Labute approximate surface area is 90.6 Å². The molecule has 0 unspecified atom stereocenters. The summed E-state index contributed by atoms with van der Waals surface area (Å²) in [7, 11) is 0. The molecule has 0 aliphatic heterocycles. The van der Waals surface area contributed by atoms with E-state index >= 15 is 0 Å². The second-order valence-corrected chi connectivity index (χ2v) is 4.37. The Kier molecular flexibility index (Phi) is 1.82. The standard InChI is InChI=1S/C13H8OS/c14-13-12-8-10-4-2-1-3-9(10)7-11(12)5-6-15-13/h1-8H. The van der Waals surface area contributed by atoms with E-state index in [0.29, 0.717) is 0 Å². The lowest BCUT2D eigenvalue weighted by atomic mass is 10.1. The molecule has 1 heterocycles. The van der Waals surface area contributed by atoms with Crippen molar-refractivity contribution in [2.45, 2.75) is 0 Å². The molecule has 1 aromatic heterocycles.